The number of allylic oxidation sites excluding steroid dienone is 1. The van der Waals surface area contributed by atoms with Gasteiger partial charge in [-0.3, -0.25) is 10.1 Å². The van der Waals surface area contributed by atoms with E-state index < -0.39 is 16.8 Å². The number of carbonyl (C=O) groups excluding carboxylic acids is 1. The van der Waals surface area contributed by atoms with E-state index in [4.69, 9.17) is 26.8 Å². The van der Waals surface area contributed by atoms with Crippen LogP contribution >= 0.6 is 23.4 Å². The summed E-state index contributed by atoms with van der Waals surface area (Å²) in [6.45, 7) is 1.67. The quantitative estimate of drug-likeness (QED) is 0.231. The first kappa shape index (κ1) is 26.0. The summed E-state index contributed by atoms with van der Waals surface area (Å²) in [4.78, 5) is 28.7. The molecule has 0 bridgehead atoms. The van der Waals surface area contributed by atoms with Crippen LogP contribution in [0.15, 0.2) is 52.1 Å². The summed E-state index contributed by atoms with van der Waals surface area (Å²) < 4.78 is 11.0. The van der Waals surface area contributed by atoms with Crippen LogP contribution in [0.1, 0.15) is 41.6 Å². The third-order valence-electron chi connectivity index (χ3n) is 5.97. The van der Waals surface area contributed by atoms with Crippen LogP contribution in [-0.4, -0.2) is 28.2 Å². The van der Waals surface area contributed by atoms with Gasteiger partial charge in [-0.1, -0.05) is 29.4 Å². The van der Waals surface area contributed by atoms with Gasteiger partial charge >= 0.3 is 5.97 Å². The molecule has 10 nitrogen and oxygen atoms in total. The molecule has 1 unspecified atom stereocenters. The lowest BCUT2D eigenvalue weighted by Crippen LogP contribution is -2.27. The van der Waals surface area contributed by atoms with Gasteiger partial charge in [0.25, 0.3) is 5.69 Å². The number of thioether (sulfide) groups is 1. The van der Waals surface area contributed by atoms with Gasteiger partial charge in [-0.15, -0.1) is 0 Å². The number of aryl methyl sites for hydroxylation is 2. The minimum atomic E-state index is -1.09. The van der Waals surface area contributed by atoms with Gasteiger partial charge < -0.3 is 15.2 Å². The molecule has 1 atom stereocenters. The number of carbonyl (C=O) groups is 1. The predicted octanol–water partition coefficient (Wildman–Crippen LogP) is 4.42. The molecular formula is C25H20ClN5O5S. The second kappa shape index (κ2) is 10.9. The zero-order valence-corrected chi connectivity index (χ0v) is 21.2. The Kier molecular flexibility index (Phi) is 7.67. The number of rotatable bonds is 7. The molecule has 0 spiro atoms. The van der Waals surface area contributed by atoms with Gasteiger partial charge in [-0.25, -0.2) is 9.78 Å². The summed E-state index contributed by atoms with van der Waals surface area (Å²) in [6, 6.07) is 9.95. The number of benzene rings is 1. The molecule has 0 amide bonds. The zero-order valence-electron chi connectivity index (χ0n) is 19.6. The number of nitro benzene ring substituents is 1. The number of aromatic nitrogens is 1. The lowest BCUT2D eigenvalue weighted by atomic mass is 9.83. The number of nitriles is 2. The summed E-state index contributed by atoms with van der Waals surface area (Å²) in [6.07, 6.45) is 2.66. The Morgan fingerprint density at radius 1 is 1.35 bits per heavy atom. The Balaban J connectivity index is 1.81. The molecule has 2 aliphatic rings. The fourth-order valence-corrected chi connectivity index (χ4v) is 5.42. The normalized spacial score (nSPS) is 16.5. The molecule has 2 N–H and O–H groups in total. The first-order valence-corrected chi connectivity index (χ1v) is 12.6. The number of fused-ring (bicyclic) bond motifs is 1. The van der Waals surface area contributed by atoms with Crippen LogP contribution in [-0.2, 0) is 27.1 Å². The van der Waals surface area contributed by atoms with Crippen molar-refractivity contribution in [2.24, 2.45) is 5.73 Å². The number of nitrogens with zero attached hydrogens (tertiary/aromatic N) is 4. The molecule has 0 saturated heterocycles. The smallest absolute Gasteiger partial charge is 0.338 e. The number of pyridine rings is 1. The van der Waals surface area contributed by atoms with E-state index in [1.807, 2.05) is 12.1 Å². The van der Waals surface area contributed by atoms with Crippen molar-refractivity contribution >= 4 is 35.0 Å². The van der Waals surface area contributed by atoms with Crippen LogP contribution in [0.5, 0.6) is 0 Å². The molecule has 37 heavy (non-hydrogen) atoms. The van der Waals surface area contributed by atoms with Crippen molar-refractivity contribution in [3.8, 4) is 12.1 Å². The minimum Gasteiger partial charge on any atom is -0.463 e. The SMILES string of the molecule is CCOC(=O)C1=C(CSc2nc3c(cc2C#N)CCC3)OC(N)=C(C#N)C1c1ccc(Cl)c([N+](=O)[O-])c1. The van der Waals surface area contributed by atoms with Gasteiger partial charge in [0.2, 0.25) is 5.88 Å². The maximum absolute atomic E-state index is 13.2. The molecule has 0 fully saturated rings. The molecular weight excluding hydrogens is 518 g/mol. The molecule has 4 rings (SSSR count). The van der Waals surface area contributed by atoms with Crippen LogP contribution in [0.2, 0.25) is 5.02 Å². The summed E-state index contributed by atoms with van der Waals surface area (Å²) in [5.41, 5.74) is 8.22. The largest absolute Gasteiger partial charge is 0.463 e. The van der Waals surface area contributed by atoms with Gasteiger partial charge in [-0.05, 0) is 49.4 Å². The van der Waals surface area contributed by atoms with E-state index in [1.165, 1.54) is 30.0 Å². The van der Waals surface area contributed by atoms with Crippen molar-refractivity contribution in [1.29, 1.82) is 10.5 Å². The molecule has 1 aromatic carbocycles. The standard InChI is InChI=1S/C25H20ClN5O5S/c1-2-35-25(32)22-20(12-37-24-15(10-27)8-13-4-3-5-18(13)30-24)36-23(29)16(11-28)21(22)14-6-7-17(26)19(9-14)31(33)34/h6-9,21H,2-5,12,29H2,1H3. The van der Waals surface area contributed by atoms with E-state index in [0.29, 0.717) is 10.6 Å². The Morgan fingerprint density at radius 2 is 2.14 bits per heavy atom. The zero-order chi connectivity index (χ0) is 26.7. The highest BCUT2D eigenvalue weighted by molar-refractivity contribution is 7.99. The monoisotopic (exact) mass is 537 g/mol. The topological polar surface area (TPSA) is 165 Å². The first-order valence-electron chi connectivity index (χ1n) is 11.3. The van der Waals surface area contributed by atoms with Crippen molar-refractivity contribution in [2.45, 2.75) is 37.1 Å². The number of halogens is 1. The van der Waals surface area contributed by atoms with Gasteiger partial charge in [-0.2, -0.15) is 10.5 Å². The maximum Gasteiger partial charge on any atom is 0.338 e. The first-order chi connectivity index (χ1) is 17.8. The number of nitrogens with two attached hydrogens (primary N) is 1. The van der Waals surface area contributed by atoms with Gasteiger partial charge in [0, 0.05) is 11.8 Å². The third-order valence-corrected chi connectivity index (χ3v) is 7.28. The lowest BCUT2D eigenvalue weighted by molar-refractivity contribution is -0.384. The van der Waals surface area contributed by atoms with Crippen molar-refractivity contribution in [3.63, 3.8) is 0 Å². The molecule has 1 aliphatic heterocycles. The molecule has 12 heteroatoms. The average molecular weight is 538 g/mol. The van der Waals surface area contributed by atoms with Gasteiger partial charge in [0.15, 0.2) is 0 Å². The van der Waals surface area contributed by atoms with Crippen molar-refractivity contribution in [1.82, 2.24) is 4.98 Å². The van der Waals surface area contributed by atoms with Crippen molar-refractivity contribution < 1.29 is 19.2 Å². The number of nitro groups is 1. The molecule has 2 heterocycles. The fourth-order valence-electron chi connectivity index (χ4n) is 4.32. The summed E-state index contributed by atoms with van der Waals surface area (Å²) >= 11 is 7.17. The summed E-state index contributed by atoms with van der Waals surface area (Å²) in [5.74, 6) is -1.94. The lowest BCUT2D eigenvalue weighted by Gasteiger charge is -2.28. The molecule has 1 aliphatic carbocycles. The third kappa shape index (κ3) is 5.10. The van der Waals surface area contributed by atoms with Gasteiger partial charge in [0.1, 0.15) is 33.5 Å². The highest BCUT2D eigenvalue weighted by Gasteiger charge is 2.38. The number of ether oxygens (including phenoxy) is 2. The van der Waals surface area contributed by atoms with Crippen molar-refractivity contribution in [2.75, 3.05) is 12.4 Å². The van der Waals surface area contributed by atoms with Crippen LogP contribution in [0.3, 0.4) is 0 Å². The molecule has 188 valence electrons. The average Bonchev–Trinajstić information content (AvgIpc) is 3.34. The van der Waals surface area contributed by atoms with Crippen LogP contribution in [0.4, 0.5) is 5.69 Å². The van der Waals surface area contributed by atoms with E-state index in [0.717, 1.165) is 30.5 Å². The molecule has 0 radical (unpaired) electrons. The highest BCUT2D eigenvalue weighted by atomic mass is 35.5. The van der Waals surface area contributed by atoms with E-state index in [1.54, 1.807) is 6.92 Å². The molecule has 1 aromatic heterocycles. The minimum absolute atomic E-state index is 0.0172. The second-order valence-corrected chi connectivity index (χ2v) is 9.52. The summed E-state index contributed by atoms with van der Waals surface area (Å²) in [7, 11) is 0. The fraction of sp³-hybridized carbons (Fsp3) is 0.280. The Bertz CT molecular complexity index is 1460. The Labute approximate surface area is 221 Å². The van der Waals surface area contributed by atoms with Crippen molar-refractivity contribution in [3.05, 3.63) is 84.6 Å². The number of hydrogen-bond acceptors (Lipinski definition) is 10. The van der Waals surface area contributed by atoms with Crippen LogP contribution < -0.4 is 5.73 Å². The second-order valence-electron chi connectivity index (χ2n) is 8.15. The Hall–Kier alpha value is -4.06. The van der Waals surface area contributed by atoms with E-state index in [2.05, 4.69) is 11.1 Å². The molecule has 2 aromatic rings. The number of esters is 1. The van der Waals surface area contributed by atoms with E-state index in [9.17, 15) is 25.4 Å². The molecule has 0 saturated carbocycles. The van der Waals surface area contributed by atoms with Gasteiger partial charge in [0.05, 0.1) is 34.3 Å². The number of hydrogen-bond donors (Lipinski definition) is 1. The van der Waals surface area contributed by atoms with E-state index >= 15 is 0 Å². The predicted molar refractivity (Wildman–Crippen MR) is 134 cm³/mol. The van der Waals surface area contributed by atoms with E-state index in [-0.39, 0.29) is 51.4 Å². The van der Waals surface area contributed by atoms with Crippen LogP contribution in [0, 0.1) is 32.8 Å². The summed E-state index contributed by atoms with van der Waals surface area (Å²) in [5, 5.41) is 31.4. The Morgan fingerprint density at radius 3 is 2.81 bits per heavy atom. The highest BCUT2D eigenvalue weighted by Crippen LogP contribution is 2.43. The maximum atomic E-state index is 13.2. The van der Waals surface area contributed by atoms with Crippen LogP contribution in [0.25, 0.3) is 0 Å².